The minimum absolute atomic E-state index is 0.0133. The number of carbonyl (C=O) groups is 1. The largest absolute Gasteiger partial charge is 0.341 e. The van der Waals surface area contributed by atoms with E-state index in [0.29, 0.717) is 23.7 Å². The van der Waals surface area contributed by atoms with Crippen LogP contribution in [0.4, 0.5) is 0 Å². The maximum Gasteiger partial charge on any atom is 0.252 e. The molecule has 0 bridgehead atoms. The monoisotopic (exact) mass is 392 g/mol. The van der Waals surface area contributed by atoms with E-state index in [9.17, 15) is 13.2 Å². The highest BCUT2D eigenvalue weighted by molar-refractivity contribution is 7.91. The topological polar surface area (TPSA) is 57.7 Å². The van der Waals surface area contributed by atoms with Gasteiger partial charge < -0.3 is 4.90 Å². The van der Waals surface area contributed by atoms with E-state index >= 15 is 0 Å². The standard InChI is InChI=1S/C19H24N2O3S2/c1-15-7-3-4-8-16(15)13-20(2)19(22)17-9-5-11-21(14-17)26(23,24)18-10-6-12-25-18/h3-4,6-8,10,12,17H,5,9,11,13-14H2,1-2H3. The van der Waals surface area contributed by atoms with Gasteiger partial charge >= 0.3 is 0 Å². The molecule has 1 fully saturated rings. The number of hydrogen-bond donors (Lipinski definition) is 0. The van der Waals surface area contributed by atoms with Crippen LogP contribution in [0.3, 0.4) is 0 Å². The molecule has 1 atom stereocenters. The Balaban J connectivity index is 1.69. The molecule has 5 nitrogen and oxygen atoms in total. The Morgan fingerprint density at radius 3 is 2.73 bits per heavy atom. The lowest BCUT2D eigenvalue weighted by atomic mass is 9.98. The zero-order valence-corrected chi connectivity index (χ0v) is 16.7. The number of sulfonamides is 1. The molecular formula is C19H24N2O3S2. The van der Waals surface area contributed by atoms with Crippen molar-refractivity contribution >= 4 is 27.3 Å². The third kappa shape index (κ3) is 4.00. The Kier molecular flexibility index (Phi) is 5.79. The van der Waals surface area contributed by atoms with Gasteiger partial charge in [-0.15, -0.1) is 11.3 Å². The number of carbonyl (C=O) groups excluding carboxylic acids is 1. The first kappa shape index (κ1) is 19.1. The molecule has 1 saturated heterocycles. The molecule has 1 aromatic heterocycles. The molecule has 1 unspecified atom stereocenters. The molecule has 0 aliphatic carbocycles. The van der Waals surface area contributed by atoms with Crippen molar-refractivity contribution in [1.29, 1.82) is 0 Å². The average molecular weight is 393 g/mol. The van der Waals surface area contributed by atoms with Gasteiger partial charge in [-0.05, 0) is 42.3 Å². The van der Waals surface area contributed by atoms with Crippen molar-refractivity contribution in [2.24, 2.45) is 5.92 Å². The van der Waals surface area contributed by atoms with Crippen LogP contribution >= 0.6 is 11.3 Å². The van der Waals surface area contributed by atoms with Crippen LogP contribution < -0.4 is 0 Å². The second kappa shape index (κ2) is 7.90. The zero-order chi connectivity index (χ0) is 18.7. The fourth-order valence-corrected chi connectivity index (χ4v) is 6.00. The third-order valence-electron chi connectivity index (χ3n) is 4.87. The van der Waals surface area contributed by atoms with Gasteiger partial charge in [0.1, 0.15) is 4.21 Å². The second-order valence-corrected chi connectivity index (χ2v) is 9.87. The molecule has 1 amide bonds. The normalized spacial score (nSPS) is 18.6. The van der Waals surface area contributed by atoms with Gasteiger partial charge in [-0.1, -0.05) is 30.3 Å². The fourth-order valence-electron chi connectivity index (χ4n) is 3.33. The van der Waals surface area contributed by atoms with Crippen molar-refractivity contribution in [3.8, 4) is 0 Å². The molecule has 7 heteroatoms. The summed E-state index contributed by atoms with van der Waals surface area (Å²) in [5, 5.41) is 1.76. The number of piperidine rings is 1. The van der Waals surface area contributed by atoms with Crippen LogP contribution in [0, 0.1) is 12.8 Å². The van der Waals surface area contributed by atoms with Gasteiger partial charge in [-0.3, -0.25) is 4.79 Å². The summed E-state index contributed by atoms with van der Waals surface area (Å²) in [4.78, 5) is 14.6. The number of thiophene rings is 1. The Labute approximate surface area is 159 Å². The molecule has 1 aromatic carbocycles. The molecular weight excluding hydrogens is 368 g/mol. The summed E-state index contributed by atoms with van der Waals surface area (Å²) in [7, 11) is -1.70. The van der Waals surface area contributed by atoms with Crippen LogP contribution in [0.15, 0.2) is 46.0 Å². The van der Waals surface area contributed by atoms with Crippen molar-refractivity contribution in [3.05, 3.63) is 52.9 Å². The number of benzene rings is 1. The smallest absolute Gasteiger partial charge is 0.252 e. The molecule has 0 spiro atoms. The van der Waals surface area contributed by atoms with E-state index in [1.807, 2.05) is 31.2 Å². The molecule has 1 aliphatic rings. The SMILES string of the molecule is Cc1ccccc1CN(C)C(=O)C1CCCN(S(=O)(=O)c2cccs2)C1. The molecule has 0 N–H and O–H groups in total. The highest BCUT2D eigenvalue weighted by Crippen LogP contribution is 2.27. The summed E-state index contributed by atoms with van der Waals surface area (Å²) >= 11 is 1.22. The van der Waals surface area contributed by atoms with E-state index in [4.69, 9.17) is 0 Å². The maximum atomic E-state index is 12.9. The van der Waals surface area contributed by atoms with Gasteiger partial charge in [0.25, 0.3) is 10.0 Å². The van der Waals surface area contributed by atoms with E-state index in [-0.39, 0.29) is 18.4 Å². The van der Waals surface area contributed by atoms with E-state index in [2.05, 4.69) is 0 Å². The van der Waals surface area contributed by atoms with Crippen molar-refractivity contribution in [1.82, 2.24) is 9.21 Å². The van der Waals surface area contributed by atoms with Crippen LogP contribution in [0.2, 0.25) is 0 Å². The van der Waals surface area contributed by atoms with E-state index < -0.39 is 10.0 Å². The Bertz CT molecular complexity index is 863. The van der Waals surface area contributed by atoms with Gasteiger partial charge in [0.2, 0.25) is 5.91 Å². The lowest BCUT2D eigenvalue weighted by molar-refractivity contribution is -0.135. The summed E-state index contributed by atoms with van der Waals surface area (Å²) in [6, 6.07) is 11.4. The number of nitrogens with zero attached hydrogens (tertiary/aromatic N) is 2. The summed E-state index contributed by atoms with van der Waals surface area (Å²) in [6.07, 6.45) is 1.44. The number of amides is 1. The van der Waals surface area contributed by atoms with Crippen molar-refractivity contribution in [2.45, 2.75) is 30.5 Å². The minimum atomic E-state index is -3.50. The van der Waals surface area contributed by atoms with Crippen LogP contribution in [0.25, 0.3) is 0 Å². The highest BCUT2D eigenvalue weighted by Gasteiger charge is 2.34. The number of rotatable bonds is 5. The van der Waals surface area contributed by atoms with E-state index in [1.54, 1.807) is 29.5 Å². The van der Waals surface area contributed by atoms with Gasteiger partial charge in [0, 0.05) is 26.7 Å². The minimum Gasteiger partial charge on any atom is -0.341 e. The van der Waals surface area contributed by atoms with Crippen molar-refractivity contribution in [3.63, 3.8) is 0 Å². The van der Waals surface area contributed by atoms with Crippen LogP contribution in [0.1, 0.15) is 24.0 Å². The first-order chi connectivity index (χ1) is 12.4. The van der Waals surface area contributed by atoms with Crippen molar-refractivity contribution in [2.75, 3.05) is 20.1 Å². The van der Waals surface area contributed by atoms with Crippen LogP contribution in [-0.4, -0.2) is 43.7 Å². The molecule has 2 heterocycles. The van der Waals surface area contributed by atoms with E-state index in [1.165, 1.54) is 15.6 Å². The highest BCUT2D eigenvalue weighted by atomic mass is 32.2. The number of aryl methyl sites for hydroxylation is 1. The molecule has 1 aliphatic heterocycles. The van der Waals surface area contributed by atoms with Gasteiger partial charge in [-0.2, -0.15) is 4.31 Å². The first-order valence-electron chi connectivity index (χ1n) is 8.72. The molecule has 0 radical (unpaired) electrons. The lowest BCUT2D eigenvalue weighted by Gasteiger charge is -2.33. The molecule has 3 rings (SSSR count). The summed E-state index contributed by atoms with van der Waals surface area (Å²) < 4.78 is 27.3. The number of hydrogen-bond acceptors (Lipinski definition) is 4. The quantitative estimate of drug-likeness (QED) is 0.786. The zero-order valence-electron chi connectivity index (χ0n) is 15.1. The second-order valence-electron chi connectivity index (χ2n) is 6.76. The molecule has 0 saturated carbocycles. The van der Waals surface area contributed by atoms with Gasteiger partial charge in [0.05, 0.1) is 5.92 Å². The predicted molar refractivity (Wildman–Crippen MR) is 103 cm³/mol. The van der Waals surface area contributed by atoms with Crippen molar-refractivity contribution < 1.29 is 13.2 Å². The summed E-state index contributed by atoms with van der Waals surface area (Å²) in [5.74, 6) is -0.271. The van der Waals surface area contributed by atoms with Gasteiger partial charge in [-0.25, -0.2) is 8.42 Å². The van der Waals surface area contributed by atoms with Crippen LogP contribution in [0.5, 0.6) is 0 Å². The Morgan fingerprint density at radius 2 is 2.04 bits per heavy atom. The summed E-state index contributed by atoms with van der Waals surface area (Å²) in [5.41, 5.74) is 2.26. The predicted octanol–water partition coefficient (Wildman–Crippen LogP) is 3.12. The maximum absolute atomic E-state index is 12.9. The molecule has 2 aromatic rings. The summed E-state index contributed by atoms with van der Waals surface area (Å²) in [6.45, 7) is 3.31. The first-order valence-corrected chi connectivity index (χ1v) is 11.0. The van der Waals surface area contributed by atoms with Gasteiger partial charge in [0.15, 0.2) is 0 Å². The Hall–Kier alpha value is -1.70. The van der Waals surface area contributed by atoms with Crippen LogP contribution in [-0.2, 0) is 21.4 Å². The average Bonchev–Trinajstić information content (AvgIpc) is 3.18. The Morgan fingerprint density at radius 1 is 1.27 bits per heavy atom. The fraction of sp³-hybridized carbons (Fsp3) is 0.421. The molecule has 26 heavy (non-hydrogen) atoms. The van der Waals surface area contributed by atoms with E-state index in [0.717, 1.165) is 17.5 Å². The lowest BCUT2D eigenvalue weighted by Crippen LogP contribution is -2.45. The third-order valence-corrected chi connectivity index (χ3v) is 8.11. The molecule has 140 valence electrons.